The minimum Gasteiger partial charge on any atom is -0.318 e. The van der Waals surface area contributed by atoms with E-state index in [-0.39, 0.29) is 29.3 Å². The van der Waals surface area contributed by atoms with E-state index >= 15 is 0 Å². The van der Waals surface area contributed by atoms with Crippen molar-refractivity contribution in [1.29, 1.82) is 0 Å². The van der Waals surface area contributed by atoms with Gasteiger partial charge in [0.25, 0.3) is 5.91 Å². The Kier molecular flexibility index (Phi) is 5.34. The van der Waals surface area contributed by atoms with Crippen LogP contribution < -0.4 is 5.32 Å². The SMILES string of the molecule is Cc1cc(C(F)(F)F)n2nc(C(=O)Nc3cnn(Cc4cccc(C(F)(F)F)c4)c3)cc2n1. The normalized spacial score (nSPS) is 12.3. The molecule has 0 bridgehead atoms. The smallest absolute Gasteiger partial charge is 0.318 e. The molecule has 4 rings (SSSR count). The highest BCUT2D eigenvalue weighted by atomic mass is 19.4. The standard InChI is InChI=1S/C20H14F6N6O/c1-11-5-16(20(24,25)26)32-17(28-11)7-15(30-32)18(33)29-14-8-27-31(10-14)9-12-3-2-4-13(6-12)19(21,22)23/h2-8,10H,9H2,1H3,(H,29,33). The molecule has 0 aliphatic rings. The summed E-state index contributed by atoms with van der Waals surface area (Å²) in [5.41, 5.74) is -1.68. The second-order valence-electron chi connectivity index (χ2n) is 7.16. The van der Waals surface area contributed by atoms with Gasteiger partial charge in [-0.3, -0.25) is 9.48 Å². The summed E-state index contributed by atoms with van der Waals surface area (Å²) in [6, 6.07) is 6.65. The summed E-state index contributed by atoms with van der Waals surface area (Å²) >= 11 is 0. The highest BCUT2D eigenvalue weighted by Gasteiger charge is 2.35. The van der Waals surface area contributed by atoms with Crippen LogP contribution in [0.5, 0.6) is 0 Å². The molecule has 1 N–H and O–H groups in total. The number of nitrogens with zero attached hydrogens (tertiary/aromatic N) is 5. The molecule has 0 radical (unpaired) electrons. The van der Waals surface area contributed by atoms with Crippen molar-refractivity contribution >= 4 is 17.2 Å². The van der Waals surface area contributed by atoms with Crippen LogP contribution in [0.4, 0.5) is 32.0 Å². The van der Waals surface area contributed by atoms with E-state index in [0.717, 1.165) is 24.3 Å². The van der Waals surface area contributed by atoms with E-state index in [4.69, 9.17) is 0 Å². The average Bonchev–Trinajstić information content (AvgIpc) is 3.32. The van der Waals surface area contributed by atoms with Crippen molar-refractivity contribution < 1.29 is 31.1 Å². The average molecular weight is 468 g/mol. The Morgan fingerprint density at radius 2 is 1.82 bits per heavy atom. The Balaban J connectivity index is 1.52. The number of hydrogen-bond acceptors (Lipinski definition) is 4. The molecule has 0 unspecified atom stereocenters. The first-order chi connectivity index (χ1) is 15.4. The monoisotopic (exact) mass is 468 g/mol. The van der Waals surface area contributed by atoms with Crippen LogP contribution in [0.3, 0.4) is 0 Å². The van der Waals surface area contributed by atoms with Crippen LogP contribution in [0.25, 0.3) is 5.65 Å². The van der Waals surface area contributed by atoms with Crippen molar-refractivity contribution in [3.8, 4) is 0 Å². The van der Waals surface area contributed by atoms with Crippen molar-refractivity contribution in [3.05, 3.63) is 77.0 Å². The minimum atomic E-state index is -4.70. The highest BCUT2D eigenvalue weighted by molar-refractivity contribution is 6.03. The Bertz CT molecular complexity index is 1340. The number of carbonyl (C=O) groups is 1. The maximum absolute atomic E-state index is 13.3. The molecule has 0 aliphatic heterocycles. The van der Waals surface area contributed by atoms with E-state index in [2.05, 4.69) is 20.5 Å². The fraction of sp³-hybridized carbons (Fsp3) is 0.200. The molecule has 4 aromatic rings. The van der Waals surface area contributed by atoms with E-state index in [9.17, 15) is 31.1 Å². The molecule has 3 heterocycles. The molecule has 0 fully saturated rings. The first-order valence-corrected chi connectivity index (χ1v) is 9.35. The van der Waals surface area contributed by atoms with Gasteiger partial charge in [-0.05, 0) is 30.7 Å². The third-order valence-electron chi connectivity index (χ3n) is 4.57. The van der Waals surface area contributed by atoms with Crippen LogP contribution in [0, 0.1) is 6.92 Å². The van der Waals surface area contributed by atoms with E-state index in [0.29, 0.717) is 10.1 Å². The van der Waals surface area contributed by atoms with E-state index < -0.39 is 29.5 Å². The molecule has 13 heteroatoms. The largest absolute Gasteiger partial charge is 0.433 e. The van der Waals surface area contributed by atoms with Gasteiger partial charge >= 0.3 is 12.4 Å². The third kappa shape index (κ3) is 4.81. The molecule has 0 aliphatic carbocycles. The first kappa shape index (κ1) is 22.3. The Morgan fingerprint density at radius 1 is 1.06 bits per heavy atom. The van der Waals surface area contributed by atoms with E-state index in [1.807, 2.05) is 0 Å². The third-order valence-corrected chi connectivity index (χ3v) is 4.57. The number of fused-ring (bicyclic) bond motifs is 1. The summed E-state index contributed by atoms with van der Waals surface area (Å²) in [5, 5.41) is 10.1. The van der Waals surface area contributed by atoms with Gasteiger partial charge in [0, 0.05) is 18.0 Å². The fourth-order valence-electron chi connectivity index (χ4n) is 3.16. The summed E-state index contributed by atoms with van der Waals surface area (Å²) in [6.45, 7) is 1.40. The number of rotatable bonds is 4. The predicted octanol–water partition coefficient (Wildman–Crippen LogP) is 4.57. The lowest BCUT2D eigenvalue weighted by atomic mass is 10.1. The summed E-state index contributed by atoms with van der Waals surface area (Å²) in [7, 11) is 0. The Hall–Kier alpha value is -3.90. The number of halogens is 6. The number of alkyl halides is 6. The van der Waals surface area contributed by atoms with Crippen molar-refractivity contribution in [2.75, 3.05) is 5.32 Å². The number of nitrogens with one attached hydrogen (secondary N) is 1. The van der Waals surface area contributed by atoms with Gasteiger partial charge in [0.15, 0.2) is 11.3 Å². The summed E-state index contributed by atoms with van der Waals surface area (Å²) in [6.07, 6.45) is -6.55. The number of aryl methyl sites for hydroxylation is 1. The van der Waals surface area contributed by atoms with E-state index in [1.165, 1.54) is 36.1 Å². The lowest BCUT2D eigenvalue weighted by Crippen LogP contribution is -2.15. The number of aromatic nitrogens is 5. The Labute approximate surface area is 181 Å². The minimum absolute atomic E-state index is 0.00624. The lowest BCUT2D eigenvalue weighted by molar-refractivity contribution is -0.142. The Morgan fingerprint density at radius 3 is 2.52 bits per heavy atom. The van der Waals surface area contributed by atoms with Crippen molar-refractivity contribution in [1.82, 2.24) is 24.4 Å². The number of anilines is 1. The maximum Gasteiger partial charge on any atom is 0.433 e. The van der Waals surface area contributed by atoms with Crippen LogP contribution in [-0.2, 0) is 18.9 Å². The number of hydrogen-bond donors (Lipinski definition) is 1. The van der Waals surface area contributed by atoms with Crippen molar-refractivity contribution in [2.24, 2.45) is 0 Å². The molecule has 0 spiro atoms. The lowest BCUT2D eigenvalue weighted by Gasteiger charge is -2.09. The number of amides is 1. The van der Waals surface area contributed by atoms with Crippen LogP contribution in [0.1, 0.15) is 33.0 Å². The summed E-state index contributed by atoms with van der Waals surface area (Å²) in [4.78, 5) is 16.5. The predicted molar refractivity (Wildman–Crippen MR) is 103 cm³/mol. The molecule has 1 amide bonds. The van der Waals surface area contributed by atoms with Gasteiger partial charge in [-0.2, -0.15) is 36.5 Å². The summed E-state index contributed by atoms with van der Waals surface area (Å²) < 4.78 is 80.2. The zero-order chi connectivity index (χ0) is 24.0. The quantitative estimate of drug-likeness (QED) is 0.445. The van der Waals surface area contributed by atoms with Gasteiger partial charge in [-0.1, -0.05) is 12.1 Å². The topological polar surface area (TPSA) is 77.1 Å². The van der Waals surface area contributed by atoms with Crippen molar-refractivity contribution in [2.45, 2.75) is 25.8 Å². The zero-order valence-corrected chi connectivity index (χ0v) is 16.7. The van der Waals surface area contributed by atoms with Crippen LogP contribution in [0.15, 0.2) is 48.8 Å². The maximum atomic E-state index is 13.3. The molecule has 172 valence electrons. The molecule has 33 heavy (non-hydrogen) atoms. The molecule has 0 atom stereocenters. The zero-order valence-electron chi connectivity index (χ0n) is 16.7. The molecule has 1 aromatic carbocycles. The molecule has 0 saturated carbocycles. The second kappa shape index (κ2) is 7.90. The highest BCUT2D eigenvalue weighted by Crippen LogP contribution is 2.31. The van der Waals surface area contributed by atoms with Crippen LogP contribution in [-0.4, -0.2) is 30.3 Å². The second-order valence-corrected chi connectivity index (χ2v) is 7.16. The first-order valence-electron chi connectivity index (χ1n) is 9.35. The van der Waals surface area contributed by atoms with Gasteiger partial charge in [0.2, 0.25) is 0 Å². The molecular weight excluding hydrogens is 454 g/mol. The van der Waals surface area contributed by atoms with Crippen LogP contribution >= 0.6 is 0 Å². The molecule has 7 nitrogen and oxygen atoms in total. The summed E-state index contributed by atoms with van der Waals surface area (Å²) in [5.74, 6) is -0.801. The van der Waals surface area contributed by atoms with Gasteiger partial charge in [-0.15, -0.1) is 0 Å². The van der Waals surface area contributed by atoms with Gasteiger partial charge in [0.05, 0.1) is 24.0 Å². The van der Waals surface area contributed by atoms with E-state index in [1.54, 1.807) is 0 Å². The molecular formula is C20H14F6N6O. The molecule has 0 saturated heterocycles. The molecule has 3 aromatic heterocycles. The van der Waals surface area contributed by atoms with Gasteiger partial charge < -0.3 is 5.32 Å². The number of carbonyl (C=O) groups excluding carboxylic acids is 1. The fourth-order valence-corrected chi connectivity index (χ4v) is 3.16. The van der Waals surface area contributed by atoms with Gasteiger partial charge in [0.1, 0.15) is 5.69 Å². The van der Waals surface area contributed by atoms with Gasteiger partial charge in [-0.25, -0.2) is 9.50 Å². The number of benzene rings is 1. The van der Waals surface area contributed by atoms with Crippen molar-refractivity contribution in [3.63, 3.8) is 0 Å². The van der Waals surface area contributed by atoms with Crippen LogP contribution in [0.2, 0.25) is 0 Å².